The number of carbonyl (C=O) groups is 1. The molecular weight excluding hydrogens is 304 g/mol. The van der Waals surface area contributed by atoms with Crippen LogP contribution < -0.4 is 15.6 Å². The van der Waals surface area contributed by atoms with E-state index in [-0.39, 0.29) is 11.0 Å². The van der Waals surface area contributed by atoms with Crippen LogP contribution in [0.4, 0.5) is 11.4 Å². The second-order valence-corrected chi connectivity index (χ2v) is 6.19. The molecular formula is C18H22N4O2. The normalized spacial score (nSPS) is 15.3. The fraction of sp³-hybridized carbons (Fsp3) is 0.333. The molecule has 0 radical (unpaired) electrons. The van der Waals surface area contributed by atoms with Crippen LogP contribution in [-0.2, 0) is 0 Å². The second-order valence-electron chi connectivity index (χ2n) is 6.19. The average Bonchev–Trinajstić information content (AvgIpc) is 2.56. The van der Waals surface area contributed by atoms with Gasteiger partial charge in [0.15, 0.2) is 5.43 Å². The Morgan fingerprint density at radius 3 is 2.42 bits per heavy atom. The van der Waals surface area contributed by atoms with Gasteiger partial charge in [0.2, 0.25) is 0 Å². The molecule has 1 amide bonds. The van der Waals surface area contributed by atoms with E-state index in [1.807, 2.05) is 24.3 Å². The number of aromatic nitrogens is 1. The lowest BCUT2D eigenvalue weighted by Gasteiger charge is -2.34. The van der Waals surface area contributed by atoms with Gasteiger partial charge in [0.05, 0.1) is 0 Å². The first-order valence-electron chi connectivity index (χ1n) is 8.07. The van der Waals surface area contributed by atoms with Crippen molar-refractivity contribution in [3.8, 4) is 0 Å². The zero-order valence-corrected chi connectivity index (χ0v) is 14.0. The number of aryl methyl sites for hydroxylation is 1. The predicted octanol–water partition coefficient (Wildman–Crippen LogP) is 1.69. The summed E-state index contributed by atoms with van der Waals surface area (Å²) in [5, 5.41) is 2.77. The number of benzene rings is 1. The summed E-state index contributed by atoms with van der Waals surface area (Å²) in [5.41, 5.74) is 2.39. The van der Waals surface area contributed by atoms with Crippen molar-refractivity contribution >= 4 is 17.3 Å². The van der Waals surface area contributed by atoms with E-state index in [2.05, 4.69) is 27.1 Å². The molecule has 2 heterocycles. The summed E-state index contributed by atoms with van der Waals surface area (Å²) < 4.78 is 0. The first-order valence-corrected chi connectivity index (χ1v) is 8.07. The summed E-state index contributed by atoms with van der Waals surface area (Å²) in [7, 11) is 2.13. The summed E-state index contributed by atoms with van der Waals surface area (Å²) in [5.74, 6) is -0.399. The fourth-order valence-electron chi connectivity index (χ4n) is 2.77. The van der Waals surface area contributed by atoms with Crippen molar-refractivity contribution in [1.29, 1.82) is 0 Å². The smallest absolute Gasteiger partial charge is 0.261 e. The molecule has 6 heteroatoms. The third-order valence-corrected chi connectivity index (χ3v) is 4.30. The third kappa shape index (κ3) is 3.65. The van der Waals surface area contributed by atoms with Crippen LogP contribution in [0.5, 0.6) is 0 Å². The van der Waals surface area contributed by atoms with E-state index in [1.165, 1.54) is 12.3 Å². The molecule has 1 aliphatic rings. The van der Waals surface area contributed by atoms with Gasteiger partial charge in [-0.15, -0.1) is 0 Å². The van der Waals surface area contributed by atoms with Crippen LogP contribution in [0.3, 0.4) is 0 Å². The van der Waals surface area contributed by atoms with Gasteiger partial charge in [-0.05, 0) is 38.2 Å². The summed E-state index contributed by atoms with van der Waals surface area (Å²) in [6.45, 7) is 5.88. The number of pyridine rings is 1. The number of H-pyrrole nitrogens is 1. The third-order valence-electron chi connectivity index (χ3n) is 4.30. The van der Waals surface area contributed by atoms with E-state index in [9.17, 15) is 9.59 Å². The highest BCUT2D eigenvalue weighted by atomic mass is 16.2. The summed E-state index contributed by atoms with van der Waals surface area (Å²) in [4.78, 5) is 31.6. The van der Waals surface area contributed by atoms with Gasteiger partial charge >= 0.3 is 0 Å². The van der Waals surface area contributed by atoms with E-state index in [0.717, 1.165) is 37.6 Å². The molecule has 0 spiro atoms. The van der Waals surface area contributed by atoms with Gasteiger partial charge < -0.3 is 20.1 Å². The Kier molecular flexibility index (Phi) is 4.66. The number of hydrogen-bond donors (Lipinski definition) is 2. The highest BCUT2D eigenvalue weighted by molar-refractivity contribution is 6.04. The number of aromatic amines is 1. The molecule has 126 valence electrons. The summed E-state index contributed by atoms with van der Waals surface area (Å²) in [6, 6.07) is 9.16. The molecule has 1 aromatic carbocycles. The second kappa shape index (κ2) is 6.88. The van der Waals surface area contributed by atoms with E-state index in [4.69, 9.17) is 0 Å². The largest absolute Gasteiger partial charge is 0.369 e. The minimum Gasteiger partial charge on any atom is -0.369 e. The molecule has 2 N–H and O–H groups in total. The number of nitrogens with one attached hydrogen (secondary N) is 2. The van der Waals surface area contributed by atoms with Crippen molar-refractivity contribution in [3.05, 3.63) is 58.0 Å². The van der Waals surface area contributed by atoms with Crippen LogP contribution in [0, 0.1) is 6.92 Å². The Balaban J connectivity index is 1.67. The molecule has 0 saturated carbocycles. The topological polar surface area (TPSA) is 68.4 Å². The zero-order valence-electron chi connectivity index (χ0n) is 14.0. The Labute approximate surface area is 141 Å². The lowest BCUT2D eigenvalue weighted by Crippen LogP contribution is -2.44. The number of hydrogen-bond acceptors (Lipinski definition) is 4. The summed E-state index contributed by atoms with van der Waals surface area (Å²) in [6.07, 6.45) is 1.45. The van der Waals surface area contributed by atoms with Crippen LogP contribution in [0.2, 0.25) is 0 Å². The molecule has 3 rings (SSSR count). The monoisotopic (exact) mass is 326 g/mol. The van der Waals surface area contributed by atoms with Gasteiger partial charge in [0.25, 0.3) is 5.91 Å². The maximum Gasteiger partial charge on any atom is 0.261 e. The van der Waals surface area contributed by atoms with Gasteiger partial charge in [-0.2, -0.15) is 0 Å². The van der Waals surface area contributed by atoms with E-state index in [0.29, 0.717) is 5.69 Å². The van der Waals surface area contributed by atoms with Crippen molar-refractivity contribution in [2.24, 2.45) is 0 Å². The number of rotatable bonds is 3. The highest BCUT2D eigenvalue weighted by Crippen LogP contribution is 2.19. The van der Waals surface area contributed by atoms with E-state index in [1.54, 1.807) is 6.92 Å². The Morgan fingerprint density at radius 1 is 1.12 bits per heavy atom. The molecule has 0 atom stereocenters. The van der Waals surface area contributed by atoms with Crippen LogP contribution in [-0.4, -0.2) is 49.0 Å². The van der Waals surface area contributed by atoms with Crippen LogP contribution in [0.1, 0.15) is 16.1 Å². The Hall–Kier alpha value is -2.60. The highest BCUT2D eigenvalue weighted by Gasteiger charge is 2.15. The Bertz CT molecular complexity index is 774. The maximum atomic E-state index is 12.2. The number of piperazine rings is 1. The quantitative estimate of drug-likeness (QED) is 0.901. The molecule has 0 unspecified atom stereocenters. The van der Waals surface area contributed by atoms with Gasteiger partial charge in [-0.1, -0.05) is 0 Å². The SMILES string of the molecule is Cc1cc(=O)c(C(=O)Nc2ccc(N3CCN(C)CC3)cc2)c[nH]1. The first kappa shape index (κ1) is 16.3. The molecule has 1 saturated heterocycles. The first-order chi connectivity index (χ1) is 11.5. The van der Waals surface area contributed by atoms with E-state index < -0.39 is 5.91 Å². The molecule has 6 nitrogen and oxygen atoms in total. The van der Waals surface area contributed by atoms with Gasteiger partial charge in [0, 0.05) is 55.5 Å². The van der Waals surface area contributed by atoms with Crippen LogP contribution >= 0.6 is 0 Å². The lowest BCUT2D eigenvalue weighted by atomic mass is 10.2. The fourth-order valence-corrected chi connectivity index (χ4v) is 2.77. The number of likely N-dealkylation sites (N-methyl/N-ethyl adjacent to an activating group) is 1. The van der Waals surface area contributed by atoms with Gasteiger partial charge in [-0.3, -0.25) is 9.59 Å². The van der Waals surface area contributed by atoms with Crippen molar-refractivity contribution in [3.63, 3.8) is 0 Å². The molecule has 0 aliphatic carbocycles. The number of amides is 1. The lowest BCUT2D eigenvalue weighted by molar-refractivity contribution is 0.102. The maximum absolute atomic E-state index is 12.2. The van der Waals surface area contributed by atoms with Crippen molar-refractivity contribution in [1.82, 2.24) is 9.88 Å². The van der Waals surface area contributed by atoms with Crippen molar-refractivity contribution < 1.29 is 4.79 Å². The molecule has 24 heavy (non-hydrogen) atoms. The van der Waals surface area contributed by atoms with Gasteiger partial charge in [-0.25, -0.2) is 0 Å². The molecule has 1 aromatic heterocycles. The standard InChI is InChI=1S/C18H22N4O2/c1-13-11-17(23)16(12-19-13)18(24)20-14-3-5-15(6-4-14)22-9-7-21(2)8-10-22/h3-6,11-12H,7-10H2,1-2H3,(H,19,23)(H,20,24). The van der Waals surface area contributed by atoms with Crippen LogP contribution in [0.25, 0.3) is 0 Å². The van der Waals surface area contributed by atoms with Crippen LogP contribution in [0.15, 0.2) is 41.3 Å². The molecule has 0 bridgehead atoms. The van der Waals surface area contributed by atoms with E-state index >= 15 is 0 Å². The predicted molar refractivity (Wildman–Crippen MR) is 95.9 cm³/mol. The number of nitrogens with zero attached hydrogens (tertiary/aromatic N) is 2. The summed E-state index contributed by atoms with van der Waals surface area (Å²) >= 11 is 0. The molecule has 1 aliphatic heterocycles. The number of carbonyl (C=O) groups excluding carboxylic acids is 1. The molecule has 2 aromatic rings. The average molecular weight is 326 g/mol. The van der Waals surface area contributed by atoms with Gasteiger partial charge in [0.1, 0.15) is 5.56 Å². The van der Waals surface area contributed by atoms with Crippen molar-refractivity contribution in [2.75, 3.05) is 43.4 Å². The zero-order chi connectivity index (χ0) is 17.1. The minimum absolute atomic E-state index is 0.115. The molecule has 1 fully saturated rings. The van der Waals surface area contributed by atoms with Crippen molar-refractivity contribution in [2.45, 2.75) is 6.92 Å². The number of anilines is 2. The Morgan fingerprint density at radius 2 is 1.79 bits per heavy atom. The minimum atomic E-state index is -0.399.